The van der Waals surface area contributed by atoms with Crippen LogP contribution in [-0.4, -0.2) is 11.1 Å². The highest BCUT2D eigenvalue weighted by Crippen LogP contribution is 2.42. The summed E-state index contributed by atoms with van der Waals surface area (Å²) in [7, 11) is 0. The van der Waals surface area contributed by atoms with Gasteiger partial charge in [0.15, 0.2) is 0 Å². The summed E-state index contributed by atoms with van der Waals surface area (Å²) in [6.07, 6.45) is -19.3. The van der Waals surface area contributed by atoms with Crippen LogP contribution in [0.4, 0.5) is 79.0 Å². The van der Waals surface area contributed by atoms with Crippen LogP contribution in [0.5, 0.6) is 0 Å². The van der Waals surface area contributed by atoms with Crippen LogP contribution in [0.25, 0.3) is 0 Å². The molecule has 89 heavy (non-hydrogen) atoms. The van der Waals surface area contributed by atoms with E-state index in [1.807, 2.05) is 19.9 Å². The molecule has 0 aliphatic carbocycles. The van der Waals surface area contributed by atoms with Gasteiger partial charge in [0, 0.05) is 17.5 Å². The molecule has 0 unspecified atom stereocenters. The van der Waals surface area contributed by atoms with E-state index < -0.39 is 115 Å². The van der Waals surface area contributed by atoms with Gasteiger partial charge in [-0.3, -0.25) is 9.59 Å². The fourth-order valence-corrected chi connectivity index (χ4v) is 9.78. The van der Waals surface area contributed by atoms with Crippen molar-refractivity contribution in [3.8, 4) is 0 Å². The summed E-state index contributed by atoms with van der Waals surface area (Å²) in [5.74, 6) is -7.56. The first-order valence-electron chi connectivity index (χ1n) is 26.8. The lowest BCUT2D eigenvalue weighted by atomic mass is 9.76. The molecule has 0 spiro atoms. The molecule has 1 amide bonds. The third-order valence-corrected chi connectivity index (χ3v) is 14.0. The summed E-state index contributed by atoms with van der Waals surface area (Å²) < 4.78 is 244. The van der Waals surface area contributed by atoms with Crippen molar-refractivity contribution >= 4 is 22.8 Å². The number of carbonyl (C=O) groups excluding carboxylic acids is 2. The number of alkyl halides is 12. The average molecular weight is 1280 g/mol. The SMILES string of the molecule is CC(C)Cc1cc([C@@](Cc2ccccc2)(NC(=O)c2ccc(F)c(C(F)(F)F)c2)c2cc(F)cc(C(F)(F)F)c2)ccc1F.CC(C)Cc1cc([C@](N)(Cc2ccccc2)c2cc(F)cc(C(F)(F)F)c2)ccc1F.O=C(Cl)c1ccc(F)c(C(F)(F)F)c1. The molecule has 472 valence electrons. The topological polar surface area (TPSA) is 72.2 Å². The van der Waals surface area contributed by atoms with Gasteiger partial charge in [-0.1, -0.05) is 113 Å². The molecular weight excluding hydrogens is 1230 g/mol. The molecule has 23 heteroatoms. The van der Waals surface area contributed by atoms with Crippen LogP contribution in [0.3, 0.4) is 0 Å². The number of hydrogen-bond acceptors (Lipinski definition) is 3. The average Bonchev–Trinajstić information content (AvgIpc) is 0.916. The third kappa shape index (κ3) is 18.3. The monoisotopic (exact) mass is 1280 g/mol. The van der Waals surface area contributed by atoms with Crippen molar-refractivity contribution in [1.29, 1.82) is 0 Å². The van der Waals surface area contributed by atoms with Crippen LogP contribution >= 0.6 is 11.6 Å². The Morgan fingerprint density at radius 3 is 1.24 bits per heavy atom. The number of nitrogens with two attached hydrogens (primary N) is 1. The van der Waals surface area contributed by atoms with Gasteiger partial charge in [-0.25, -0.2) is 26.3 Å². The van der Waals surface area contributed by atoms with E-state index in [0.717, 1.165) is 42.0 Å². The smallest absolute Gasteiger partial charge is 0.338 e. The molecule has 4 nitrogen and oxygen atoms in total. The van der Waals surface area contributed by atoms with Gasteiger partial charge in [0.05, 0.1) is 33.3 Å². The Labute approximate surface area is 504 Å². The van der Waals surface area contributed by atoms with E-state index in [1.165, 1.54) is 24.3 Å². The van der Waals surface area contributed by atoms with Crippen LogP contribution in [0.1, 0.15) is 115 Å². The van der Waals surface area contributed by atoms with Gasteiger partial charge >= 0.3 is 24.7 Å². The Kier molecular flexibility index (Phi) is 22.1. The summed E-state index contributed by atoms with van der Waals surface area (Å²) in [6, 6.07) is 32.3. The molecule has 2 atom stereocenters. The third-order valence-electron chi connectivity index (χ3n) is 13.8. The molecule has 0 radical (unpaired) electrons. The van der Waals surface area contributed by atoms with Gasteiger partial charge in [0.25, 0.3) is 11.1 Å². The first kappa shape index (κ1) is 70.0. The predicted molar refractivity (Wildman–Crippen MR) is 299 cm³/mol. The summed E-state index contributed by atoms with van der Waals surface area (Å²) in [5.41, 5.74) is -1.79. The lowest BCUT2D eigenvalue weighted by Gasteiger charge is -2.37. The van der Waals surface area contributed by atoms with Crippen molar-refractivity contribution in [3.63, 3.8) is 0 Å². The van der Waals surface area contributed by atoms with E-state index in [2.05, 4.69) is 5.32 Å². The molecule has 8 aromatic rings. The molecule has 0 saturated heterocycles. The zero-order valence-electron chi connectivity index (χ0n) is 47.2. The number of rotatable bonds is 15. The van der Waals surface area contributed by atoms with E-state index in [0.29, 0.717) is 53.4 Å². The van der Waals surface area contributed by atoms with Gasteiger partial charge in [0.1, 0.15) is 34.9 Å². The van der Waals surface area contributed by atoms with E-state index in [1.54, 1.807) is 74.5 Å². The summed E-state index contributed by atoms with van der Waals surface area (Å²) in [6.45, 7) is 7.49. The minimum absolute atomic E-state index is 0.0224. The lowest BCUT2D eigenvalue weighted by Crippen LogP contribution is -2.49. The lowest BCUT2D eigenvalue weighted by molar-refractivity contribution is -0.140. The molecule has 0 aliphatic rings. The Morgan fingerprint density at radius 1 is 0.416 bits per heavy atom. The largest absolute Gasteiger partial charge is 0.419 e. The Morgan fingerprint density at radius 2 is 0.798 bits per heavy atom. The molecule has 0 saturated carbocycles. The van der Waals surface area contributed by atoms with Crippen molar-refractivity contribution in [2.75, 3.05) is 0 Å². The van der Waals surface area contributed by atoms with Crippen molar-refractivity contribution in [2.24, 2.45) is 17.6 Å². The normalized spacial score (nSPS) is 13.4. The van der Waals surface area contributed by atoms with Gasteiger partial charge in [0.2, 0.25) is 0 Å². The van der Waals surface area contributed by atoms with Gasteiger partial charge in [-0.15, -0.1) is 0 Å². The first-order chi connectivity index (χ1) is 41.3. The van der Waals surface area contributed by atoms with Crippen LogP contribution in [0.2, 0.25) is 0 Å². The van der Waals surface area contributed by atoms with E-state index in [4.69, 9.17) is 17.3 Å². The molecule has 0 bridgehead atoms. The van der Waals surface area contributed by atoms with E-state index >= 15 is 0 Å². The first-order valence-corrected chi connectivity index (χ1v) is 27.2. The van der Waals surface area contributed by atoms with Crippen molar-refractivity contribution in [3.05, 3.63) is 283 Å². The second-order valence-corrected chi connectivity index (χ2v) is 21.9. The minimum atomic E-state index is -5.16. The summed E-state index contributed by atoms with van der Waals surface area (Å²) in [5, 5.41) is 1.49. The maximum Gasteiger partial charge on any atom is 0.419 e. The molecule has 3 N–H and O–H groups in total. The maximum atomic E-state index is 14.9. The Bertz CT molecular complexity index is 3770. The fraction of sp³-hybridized carbons (Fsp3) is 0.242. The molecule has 0 aromatic heterocycles. The molecular formula is C66H53ClF18N2O2. The number of amides is 1. The molecule has 0 aliphatic heterocycles. The number of benzene rings is 8. The van der Waals surface area contributed by atoms with E-state index in [9.17, 15) is 88.6 Å². The Balaban J connectivity index is 0.000000242. The summed E-state index contributed by atoms with van der Waals surface area (Å²) in [4.78, 5) is 24.2. The Hall–Kier alpha value is -8.11. The molecule has 0 heterocycles. The van der Waals surface area contributed by atoms with Gasteiger partial charge < -0.3 is 11.1 Å². The highest BCUT2D eigenvalue weighted by atomic mass is 35.5. The van der Waals surface area contributed by atoms with Crippen LogP contribution in [0.15, 0.2) is 170 Å². The molecule has 8 aromatic carbocycles. The zero-order valence-corrected chi connectivity index (χ0v) is 48.0. The second kappa shape index (κ2) is 28.2. The molecule has 8 rings (SSSR count). The quantitative estimate of drug-likeness (QED) is 0.0794. The number of hydrogen-bond donors (Lipinski definition) is 2. The van der Waals surface area contributed by atoms with Gasteiger partial charge in [-0.2, -0.15) is 52.7 Å². The van der Waals surface area contributed by atoms with Crippen molar-refractivity contribution in [1.82, 2.24) is 5.32 Å². The van der Waals surface area contributed by atoms with Crippen LogP contribution < -0.4 is 11.1 Å². The summed E-state index contributed by atoms with van der Waals surface area (Å²) >= 11 is 4.95. The molecule has 0 fully saturated rings. The van der Waals surface area contributed by atoms with Crippen molar-refractivity contribution < 1.29 is 88.6 Å². The number of nitrogens with one attached hydrogen (secondary N) is 1. The predicted octanol–water partition coefficient (Wildman–Crippen LogP) is 19.1. The fourth-order valence-electron chi connectivity index (χ4n) is 9.66. The van der Waals surface area contributed by atoms with E-state index in [-0.39, 0.29) is 65.5 Å². The number of halogens is 19. The standard InChI is InChI=1S/C33H26F9NO.C25H24F5N.C8H3ClF4O/c1-19(2)12-22-13-23(9-11-28(22)35)31(18-20-6-4-3-5-7-20,24-15-25(32(37,38)39)17-26(34)16-24)43-30(44)21-8-10-29(36)27(14-21)33(40,41)42;1-16(2)10-18-11-19(8-9-23(18)27)24(31,15-17-6-4-3-5-7-17)20-12-21(25(28,29)30)14-22(26)13-20;9-7(14)4-1-2-6(10)5(3-4)8(11,12)13/h3-11,13-17,19H,12,18H2,1-2H3,(H,43,44);3-9,11-14,16H,10,15,31H2,1-2H3;1-3H/t31-;24-;/m11./s1. The van der Waals surface area contributed by atoms with Crippen molar-refractivity contribution in [2.45, 2.75) is 89.2 Å². The highest BCUT2D eigenvalue weighted by molar-refractivity contribution is 6.67. The van der Waals surface area contributed by atoms with Crippen LogP contribution in [-0.2, 0) is 61.5 Å². The maximum absolute atomic E-state index is 14.9. The zero-order chi connectivity index (χ0) is 66.2. The van der Waals surface area contributed by atoms with Crippen LogP contribution in [0, 0.1) is 46.7 Å². The second-order valence-electron chi connectivity index (χ2n) is 21.6. The minimum Gasteiger partial charge on any atom is -0.338 e. The highest BCUT2D eigenvalue weighted by Gasteiger charge is 2.43. The number of carbonyl (C=O) groups is 2. The van der Waals surface area contributed by atoms with Gasteiger partial charge in [-0.05, 0) is 172 Å².